The number of carbonyl (C=O) groups excluding carboxylic acids is 1. The molecule has 2 heteroatoms. The summed E-state index contributed by atoms with van der Waals surface area (Å²) in [6, 6.07) is 0. The van der Waals surface area contributed by atoms with Crippen LogP contribution in [0, 0.1) is 11.3 Å². The third-order valence-electron chi connectivity index (χ3n) is 2.34. The lowest BCUT2D eigenvalue weighted by Gasteiger charge is -2.41. The predicted octanol–water partition coefficient (Wildman–Crippen LogP) is 2.07. The Balaban J connectivity index is 2.26. The molecule has 0 unspecified atom stereocenters. The first-order chi connectivity index (χ1) is 5.92. The fraction of sp³-hybridized carbons (Fsp3) is 0.727. The molecule has 1 heterocycles. The molecule has 0 saturated carbocycles. The Labute approximate surface area is 80.6 Å². The Kier molecular flexibility index (Phi) is 2.79. The quantitative estimate of drug-likeness (QED) is 0.597. The molecule has 0 bridgehead atoms. The lowest BCUT2D eigenvalue weighted by Crippen LogP contribution is -2.50. The van der Waals surface area contributed by atoms with Crippen LogP contribution in [0.4, 0.5) is 0 Å². The van der Waals surface area contributed by atoms with E-state index in [1.807, 2.05) is 4.90 Å². The van der Waals surface area contributed by atoms with Gasteiger partial charge in [0.05, 0.1) is 0 Å². The van der Waals surface area contributed by atoms with Crippen molar-refractivity contribution in [3.8, 4) is 0 Å². The molecule has 74 valence electrons. The van der Waals surface area contributed by atoms with Gasteiger partial charge in [0.1, 0.15) is 0 Å². The molecule has 0 N–H and O–H groups in total. The van der Waals surface area contributed by atoms with E-state index >= 15 is 0 Å². The number of hydrogen-bond acceptors (Lipinski definition) is 1. The van der Waals surface area contributed by atoms with Crippen molar-refractivity contribution < 1.29 is 4.79 Å². The summed E-state index contributed by atoms with van der Waals surface area (Å²) in [5.41, 5.74) is 0.383. The highest BCUT2D eigenvalue weighted by atomic mass is 16.2. The third kappa shape index (κ3) is 2.87. The molecule has 1 rings (SSSR count). The van der Waals surface area contributed by atoms with Crippen molar-refractivity contribution in [2.75, 3.05) is 13.1 Å². The Morgan fingerprint density at radius 1 is 1.54 bits per heavy atom. The van der Waals surface area contributed by atoms with Crippen LogP contribution < -0.4 is 0 Å². The van der Waals surface area contributed by atoms with E-state index in [4.69, 9.17) is 0 Å². The molecule has 1 saturated heterocycles. The predicted molar refractivity (Wildman–Crippen MR) is 54.3 cm³/mol. The second kappa shape index (κ2) is 3.52. The van der Waals surface area contributed by atoms with E-state index < -0.39 is 0 Å². The summed E-state index contributed by atoms with van der Waals surface area (Å²) in [6.45, 7) is 12.0. The van der Waals surface area contributed by atoms with Gasteiger partial charge in [-0.3, -0.25) is 4.79 Å². The summed E-state index contributed by atoms with van der Waals surface area (Å²) in [7, 11) is 0. The van der Waals surface area contributed by atoms with Gasteiger partial charge in [0.15, 0.2) is 0 Å². The molecule has 0 radical (unpaired) electrons. The van der Waals surface area contributed by atoms with E-state index in [0.29, 0.717) is 11.3 Å². The lowest BCUT2D eigenvalue weighted by molar-refractivity contribution is -0.132. The van der Waals surface area contributed by atoms with Crippen LogP contribution in [0.1, 0.15) is 27.2 Å². The van der Waals surface area contributed by atoms with Crippen molar-refractivity contribution >= 4 is 5.91 Å². The Morgan fingerprint density at radius 2 is 2.08 bits per heavy atom. The molecule has 0 aromatic carbocycles. The van der Waals surface area contributed by atoms with E-state index in [1.54, 1.807) is 0 Å². The largest absolute Gasteiger partial charge is 0.338 e. The fourth-order valence-electron chi connectivity index (χ4n) is 1.87. The molecule has 2 nitrogen and oxygen atoms in total. The molecular weight excluding hydrogens is 162 g/mol. The standard InChI is InChI=1S/C11H19NO/c1-5-10(13)12-7-9(8-12)6-11(2,3)4/h5,9H,1,6-8H2,2-4H3. The van der Waals surface area contributed by atoms with Gasteiger partial charge in [0, 0.05) is 13.1 Å². The molecule has 13 heavy (non-hydrogen) atoms. The molecule has 0 atom stereocenters. The molecular formula is C11H19NO. The summed E-state index contributed by atoms with van der Waals surface area (Å²) in [5.74, 6) is 0.772. The Morgan fingerprint density at radius 3 is 2.46 bits per heavy atom. The maximum absolute atomic E-state index is 11.1. The van der Waals surface area contributed by atoms with Crippen LogP contribution in [0.15, 0.2) is 12.7 Å². The van der Waals surface area contributed by atoms with Gasteiger partial charge in [-0.2, -0.15) is 0 Å². The third-order valence-corrected chi connectivity index (χ3v) is 2.34. The number of rotatable bonds is 2. The molecule has 0 aliphatic carbocycles. The van der Waals surface area contributed by atoms with Crippen molar-refractivity contribution in [3.05, 3.63) is 12.7 Å². The number of likely N-dealkylation sites (tertiary alicyclic amines) is 1. The minimum atomic E-state index is 0.0742. The van der Waals surface area contributed by atoms with Crippen LogP contribution >= 0.6 is 0 Å². The molecule has 0 aromatic heterocycles. The molecule has 1 aliphatic heterocycles. The minimum absolute atomic E-state index is 0.0742. The van der Waals surface area contributed by atoms with E-state index in [2.05, 4.69) is 27.4 Å². The molecule has 1 amide bonds. The van der Waals surface area contributed by atoms with Gasteiger partial charge in [0.2, 0.25) is 5.91 Å². The molecule has 0 spiro atoms. The Bertz CT molecular complexity index is 209. The average molecular weight is 181 g/mol. The van der Waals surface area contributed by atoms with E-state index in [1.165, 1.54) is 12.5 Å². The van der Waals surface area contributed by atoms with Crippen molar-refractivity contribution in [3.63, 3.8) is 0 Å². The van der Waals surface area contributed by atoms with Gasteiger partial charge >= 0.3 is 0 Å². The summed E-state index contributed by atoms with van der Waals surface area (Å²) >= 11 is 0. The van der Waals surface area contributed by atoms with Crippen LogP contribution in [0.5, 0.6) is 0 Å². The highest BCUT2D eigenvalue weighted by Gasteiger charge is 2.31. The zero-order chi connectivity index (χ0) is 10.1. The van der Waals surface area contributed by atoms with Gasteiger partial charge < -0.3 is 4.90 Å². The number of amides is 1. The topological polar surface area (TPSA) is 20.3 Å². The zero-order valence-corrected chi connectivity index (χ0v) is 8.84. The van der Waals surface area contributed by atoms with Gasteiger partial charge in [0.25, 0.3) is 0 Å². The van der Waals surface area contributed by atoms with Crippen molar-refractivity contribution in [2.24, 2.45) is 11.3 Å². The van der Waals surface area contributed by atoms with Gasteiger partial charge in [-0.15, -0.1) is 0 Å². The van der Waals surface area contributed by atoms with Crippen molar-refractivity contribution in [1.29, 1.82) is 0 Å². The molecule has 1 aliphatic rings. The summed E-state index contributed by atoms with van der Waals surface area (Å²) in [5, 5.41) is 0. The Hall–Kier alpha value is -0.790. The smallest absolute Gasteiger partial charge is 0.245 e. The van der Waals surface area contributed by atoms with Gasteiger partial charge in [-0.25, -0.2) is 0 Å². The summed E-state index contributed by atoms with van der Waals surface area (Å²) in [6.07, 6.45) is 2.60. The van der Waals surface area contributed by atoms with Gasteiger partial charge in [-0.05, 0) is 23.8 Å². The van der Waals surface area contributed by atoms with E-state index in [9.17, 15) is 4.79 Å². The first-order valence-corrected chi connectivity index (χ1v) is 4.84. The van der Waals surface area contributed by atoms with E-state index in [-0.39, 0.29) is 5.91 Å². The first kappa shape index (κ1) is 10.3. The molecule has 1 fully saturated rings. The maximum Gasteiger partial charge on any atom is 0.245 e. The zero-order valence-electron chi connectivity index (χ0n) is 8.84. The normalized spacial score (nSPS) is 18.2. The SMILES string of the molecule is C=CC(=O)N1CC(CC(C)(C)C)C1. The summed E-state index contributed by atoms with van der Waals surface area (Å²) in [4.78, 5) is 13.0. The minimum Gasteiger partial charge on any atom is -0.338 e. The lowest BCUT2D eigenvalue weighted by atomic mass is 9.81. The fourth-order valence-corrected chi connectivity index (χ4v) is 1.87. The monoisotopic (exact) mass is 181 g/mol. The van der Waals surface area contributed by atoms with Crippen molar-refractivity contribution in [1.82, 2.24) is 4.90 Å². The van der Waals surface area contributed by atoms with Crippen LogP contribution in [0.3, 0.4) is 0 Å². The maximum atomic E-state index is 11.1. The second-order valence-corrected chi connectivity index (χ2v) is 5.08. The number of carbonyl (C=O) groups is 1. The van der Waals surface area contributed by atoms with Crippen molar-refractivity contribution in [2.45, 2.75) is 27.2 Å². The first-order valence-electron chi connectivity index (χ1n) is 4.84. The molecule has 0 aromatic rings. The van der Waals surface area contributed by atoms with Crippen LogP contribution in [-0.4, -0.2) is 23.9 Å². The number of hydrogen-bond donors (Lipinski definition) is 0. The summed E-state index contributed by atoms with van der Waals surface area (Å²) < 4.78 is 0. The van der Waals surface area contributed by atoms with E-state index in [0.717, 1.165) is 13.1 Å². The number of nitrogens with zero attached hydrogens (tertiary/aromatic N) is 1. The van der Waals surface area contributed by atoms with Crippen LogP contribution in [0.25, 0.3) is 0 Å². The van der Waals surface area contributed by atoms with Gasteiger partial charge in [-0.1, -0.05) is 27.4 Å². The van der Waals surface area contributed by atoms with Crippen LogP contribution in [-0.2, 0) is 4.79 Å². The highest BCUT2D eigenvalue weighted by Crippen LogP contribution is 2.30. The highest BCUT2D eigenvalue weighted by molar-refractivity contribution is 5.87. The average Bonchev–Trinajstić information content (AvgIpc) is 1.92. The second-order valence-electron chi connectivity index (χ2n) is 5.08. The van der Waals surface area contributed by atoms with Crippen LogP contribution in [0.2, 0.25) is 0 Å².